The number of carbonyl (C=O) groups excluding carboxylic acids is 1. The maximum absolute atomic E-state index is 12.3. The smallest absolute Gasteiger partial charge is 0.290 e. The van der Waals surface area contributed by atoms with Crippen molar-refractivity contribution < 1.29 is 19.4 Å². The van der Waals surface area contributed by atoms with Crippen LogP contribution in [-0.2, 0) is 27.9 Å². The minimum atomic E-state index is -0.250. The highest BCUT2D eigenvalue weighted by molar-refractivity contribution is 5.79. The van der Waals surface area contributed by atoms with Crippen LogP contribution in [0.4, 0.5) is 0 Å². The van der Waals surface area contributed by atoms with Crippen molar-refractivity contribution in [1.29, 1.82) is 0 Å². The topological polar surface area (TPSA) is 92.1 Å². The molecule has 3 rings (SSSR count). The normalized spacial score (nSPS) is 23.9. The summed E-state index contributed by atoms with van der Waals surface area (Å²) in [6.07, 6.45) is 1.76. The average molecular weight is 337 g/mol. The maximum Gasteiger partial charge on any atom is 0.290 e. The van der Waals surface area contributed by atoms with Crippen molar-refractivity contribution in [1.82, 2.24) is 14.4 Å². The van der Waals surface area contributed by atoms with Gasteiger partial charge >= 0.3 is 0 Å². The second-order valence-electron chi connectivity index (χ2n) is 6.09. The van der Waals surface area contributed by atoms with E-state index in [1.165, 1.54) is 0 Å². The summed E-state index contributed by atoms with van der Waals surface area (Å²) < 4.78 is 7.18. The van der Waals surface area contributed by atoms with Gasteiger partial charge in [-0.05, 0) is 6.07 Å². The number of hydrogen-bond acceptors (Lipinski definition) is 5. The van der Waals surface area contributed by atoms with E-state index in [9.17, 15) is 9.59 Å². The SMILES string of the molecule is CN1C(=O)[C@H]2COC[C@@H]1CN(Cc1cccn(C)c1=O)C2.O=CO. The summed E-state index contributed by atoms with van der Waals surface area (Å²) in [5.74, 6) is 0.0241. The van der Waals surface area contributed by atoms with Gasteiger partial charge in [0, 0.05) is 45.5 Å². The standard InChI is InChI=1S/C15H21N3O3.CH2O2/c1-16-5-3-4-11(14(16)19)6-18-7-12-9-21-10-13(8-18)17(2)15(12)20;2-1-3/h3-5,12-13H,6-10H2,1-2H3;1H,(H,2,3)/t12-,13+;/m1./s1. The molecule has 2 atom stereocenters. The van der Waals surface area contributed by atoms with E-state index in [1.807, 2.05) is 19.2 Å². The van der Waals surface area contributed by atoms with Gasteiger partial charge in [0.05, 0.1) is 25.2 Å². The van der Waals surface area contributed by atoms with E-state index in [2.05, 4.69) is 4.90 Å². The number of aromatic nitrogens is 1. The number of hydrogen-bond donors (Lipinski definition) is 1. The van der Waals surface area contributed by atoms with Crippen molar-refractivity contribution >= 4 is 12.4 Å². The van der Waals surface area contributed by atoms with Gasteiger partial charge in [0.15, 0.2) is 0 Å². The highest BCUT2D eigenvalue weighted by Crippen LogP contribution is 2.20. The Morgan fingerprint density at radius 1 is 1.29 bits per heavy atom. The van der Waals surface area contributed by atoms with Crippen LogP contribution in [0.15, 0.2) is 23.1 Å². The molecule has 2 fully saturated rings. The van der Waals surface area contributed by atoms with Crippen LogP contribution in [0, 0.1) is 5.92 Å². The number of pyridine rings is 1. The van der Waals surface area contributed by atoms with Gasteiger partial charge in [-0.15, -0.1) is 0 Å². The van der Waals surface area contributed by atoms with Crippen molar-refractivity contribution in [2.24, 2.45) is 13.0 Å². The number of carboxylic acid groups (broad SMARTS) is 1. The number of aryl methyl sites for hydroxylation is 1. The fourth-order valence-electron chi connectivity index (χ4n) is 3.13. The van der Waals surface area contributed by atoms with Crippen LogP contribution in [0.2, 0.25) is 0 Å². The van der Waals surface area contributed by atoms with Gasteiger partial charge in [0.25, 0.3) is 12.0 Å². The predicted molar refractivity (Wildman–Crippen MR) is 86.5 cm³/mol. The molecule has 1 N–H and O–H groups in total. The molecule has 0 saturated carbocycles. The number of ether oxygens (including phenoxy) is 1. The Morgan fingerprint density at radius 2 is 2.00 bits per heavy atom. The molecule has 0 unspecified atom stereocenters. The third kappa shape index (κ3) is 4.01. The highest BCUT2D eigenvalue weighted by Gasteiger charge is 2.37. The first-order chi connectivity index (χ1) is 11.5. The second kappa shape index (κ2) is 8.07. The van der Waals surface area contributed by atoms with Gasteiger partial charge in [0.1, 0.15) is 0 Å². The molecule has 0 aliphatic carbocycles. The predicted octanol–water partition coefficient (Wildman–Crippen LogP) is -0.625. The zero-order chi connectivity index (χ0) is 17.7. The molecule has 0 spiro atoms. The molecular formula is C16H23N3O5. The molecule has 1 aromatic rings. The van der Waals surface area contributed by atoms with Gasteiger partial charge in [-0.2, -0.15) is 0 Å². The third-order valence-electron chi connectivity index (χ3n) is 4.42. The summed E-state index contributed by atoms with van der Waals surface area (Å²) in [6.45, 7) is 2.78. The zero-order valence-electron chi connectivity index (χ0n) is 13.9. The Bertz CT molecular complexity index is 645. The summed E-state index contributed by atoms with van der Waals surface area (Å²) in [7, 11) is 3.61. The molecule has 24 heavy (non-hydrogen) atoms. The Hall–Kier alpha value is -2.19. The van der Waals surface area contributed by atoms with Crippen LogP contribution in [0.5, 0.6) is 0 Å². The molecule has 132 valence electrons. The average Bonchev–Trinajstić information content (AvgIpc) is 2.71. The van der Waals surface area contributed by atoms with Crippen LogP contribution >= 0.6 is 0 Å². The summed E-state index contributed by atoms with van der Waals surface area (Å²) in [6, 6.07) is 3.82. The second-order valence-corrected chi connectivity index (χ2v) is 6.09. The summed E-state index contributed by atoms with van der Waals surface area (Å²) in [5, 5.41) is 6.89. The Labute approximate surface area is 140 Å². The first-order valence-corrected chi connectivity index (χ1v) is 7.77. The van der Waals surface area contributed by atoms with E-state index < -0.39 is 0 Å². The monoisotopic (exact) mass is 337 g/mol. The van der Waals surface area contributed by atoms with Crippen molar-refractivity contribution in [3.8, 4) is 0 Å². The molecule has 8 heteroatoms. The van der Waals surface area contributed by atoms with Crippen LogP contribution < -0.4 is 5.56 Å². The molecule has 2 bridgehead atoms. The van der Waals surface area contributed by atoms with Crippen LogP contribution in [0.3, 0.4) is 0 Å². The lowest BCUT2D eigenvalue weighted by atomic mass is 10.1. The number of likely N-dealkylation sites (N-methyl/N-ethyl adjacent to an activating group) is 1. The Morgan fingerprint density at radius 3 is 2.71 bits per heavy atom. The molecular weight excluding hydrogens is 314 g/mol. The van der Waals surface area contributed by atoms with E-state index in [0.717, 1.165) is 12.1 Å². The zero-order valence-corrected chi connectivity index (χ0v) is 13.9. The lowest BCUT2D eigenvalue weighted by Crippen LogP contribution is -2.43. The van der Waals surface area contributed by atoms with Crippen molar-refractivity contribution in [2.45, 2.75) is 12.6 Å². The van der Waals surface area contributed by atoms with E-state index in [1.54, 1.807) is 22.7 Å². The van der Waals surface area contributed by atoms with Gasteiger partial charge in [-0.25, -0.2) is 0 Å². The van der Waals surface area contributed by atoms with Crippen molar-refractivity contribution in [2.75, 3.05) is 33.4 Å². The number of rotatable bonds is 2. The van der Waals surface area contributed by atoms with Crippen LogP contribution in [-0.4, -0.2) is 71.2 Å². The van der Waals surface area contributed by atoms with Crippen LogP contribution in [0.1, 0.15) is 5.56 Å². The molecule has 8 nitrogen and oxygen atoms in total. The molecule has 0 aromatic carbocycles. The number of fused-ring (bicyclic) bond motifs is 3. The van der Waals surface area contributed by atoms with Gasteiger partial charge in [-0.1, -0.05) is 6.07 Å². The van der Waals surface area contributed by atoms with Gasteiger partial charge < -0.3 is 19.3 Å². The molecule has 2 saturated heterocycles. The van der Waals surface area contributed by atoms with Gasteiger partial charge in [0.2, 0.25) is 5.91 Å². The van der Waals surface area contributed by atoms with E-state index in [0.29, 0.717) is 26.3 Å². The van der Waals surface area contributed by atoms with Crippen LogP contribution in [0.25, 0.3) is 0 Å². The number of nitrogens with zero attached hydrogens (tertiary/aromatic N) is 3. The Balaban J connectivity index is 0.000000647. The van der Waals surface area contributed by atoms with E-state index in [4.69, 9.17) is 14.6 Å². The lowest BCUT2D eigenvalue weighted by Gasteiger charge is -2.29. The molecule has 1 aromatic heterocycles. The largest absolute Gasteiger partial charge is 0.483 e. The summed E-state index contributed by atoms with van der Waals surface area (Å²) in [4.78, 5) is 36.8. The molecule has 1 amide bonds. The van der Waals surface area contributed by atoms with E-state index >= 15 is 0 Å². The van der Waals surface area contributed by atoms with E-state index in [-0.39, 0.29) is 29.9 Å². The minimum absolute atomic E-state index is 0.0304. The first kappa shape index (κ1) is 18.2. The summed E-state index contributed by atoms with van der Waals surface area (Å²) in [5.41, 5.74) is 0.804. The minimum Gasteiger partial charge on any atom is -0.483 e. The van der Waals surface area contributed by atoms with Gasteiger partial charge in [-0.3, -0.25) is 19.3 Å². The maximum atomic E-state index is 12.3. The highest BCUT2D eigenvalue weighted by atomic mass is 16.5. The number of carbonyl (C=O) groups is 2. The summed E-state index contributed by atoms with van der Waals surface area (Å²) >= 11 is 0. The quantitative estimate of drug-likeness (QED) is 0.723. The van der Waals surface area contributed by atoms with Crippen molar-refractivity contribution in [3.63, 3.8) is 0 Å². The first-order valence-electron chi connectivity index (χ1n) is 7.77. The lowest BCUT2D eigenvalue weighted by molar-refractivity contribution is -0.134. The molecule has 2 aliphatic heterocycles. The van der Waals surface area contributed by atoms with Crippen molar-refractivity contribution in [3.05, 3.63) is 34.2 Å². The third-order valence-corrected chi connectivity index (χ3v) is 4.42. The molecule has 2 aliphatic rings. The molecule has 3 heterocycles. The Kier molecular flexibility index (Phi) is 6.10. The fourth-order valence-corrected chi connectivity index (χ4v) is 3.13. The molecule has 0 radical (unpaired) electrons. The number of amides is 1. The fraction of sp³-hybridized carbons (Fsp3) is 0.562.